The molecule has 2 aliphatic heterocycles. The van der Waals surface area contributed by atoms with Crippen LogP contribution in [-0.2, 0) is 19.1 Å². The van der Waals surface area contributed by atoms with Gasteiger partial charge in [0.25, 0.3) is 5.91 Å². The number of hydrogen-bond donors (Lipinski definition) is 2. The van der Waals surface area contributed by atoms with Crippen LogP contribution < -0.4 is 15.0 Å². The molecule has 3 rings (SSSR count). The molecule has 0 bridgehead atoms. The molecule has 2 saturated heterocycles. The molecule has 8 nitrogen and oxygen atoms in total. The molecule has 2 aliphatic rings. The molecule has 140 valence electrons. The molecule has 0 unspecified atom stereocenters. The Bertz CT molecular complexity index is 720. The van der Waals surface area contributed by atoms with Gasteiger partial charge in [0.2, 0.25) is 5.91 Å². The van der Waals surface area contributed by atoms with Crippen LogP contribution in [0.1, 0.15) is 32.1 Å². The summed E-state index contributed by atoms with van der Waals surface area (Å²) in [6, 6.07) is 5.07. The number of carboxylic acid groups (broad SMARTS) is 1. The summed E-state index contributed by atoms with van der Waals surface area (Å²) in [5.41, 5.74) is 1.12. The molecule has 0 radical (unpaired) electrons. The topological polar surface area (TPSA) is 105 Å². The Morgan fingerprint density at radius 3 is 2.69 bits per heavy atom. The molecule has 0 aromatic heterocycles. The van der Waals surface area contributed by atoms with Gasteiger partial charge in [-0.1, -0.05) is 0 Å². The number of ether oxygens (including phenoxy) is 2. The highest BCUT2D eigenvalue weighted by Crippen LogP contribution is 2.34. The molecule has 0 aliphatic carbocycles. The van der Waals surface area contributed by atoms with E-state index in [9.17, 15) is 14.4 Å². The first-order valence-corrected chi connectivity index (χ1v) is 8.67. The zero-order chi connectivity index (χ0) is 18.7. The summed E-state index contributed by atoms with van der Waals surface area (Å²) in [5.74, 6) is -0.867. The Hall–Kier alpha value is -2.61. The number of carboxylic acids is 1. The monoisotopic (exact) mass is 362 g/mol. The SMILES string of the molecule is COc1ccc(NC(=O)[C@@H]2CC[C@H](C(=O)O)O2)cc1N1CCCCC1=O. The van der Waals surface area contributed by atoms with Crippen molar-refractivity contribution in [3.8, 4) is 5.75 Å². The smallest absolute Gasteiger partial charge is 0.332 e. The molecule has 0 spiro atoms. The lowest BCUT2D eigenvalue weighted by atomic mass is 10.1. The van der Waals surface area contributed by atoms with Crippen LogP contribution in [0.5, 0.6) is 5.75 Å². The second-order valence-electron chi connectivity index (χ2n) is 6.41. The number of methoxy groups -OCH3 is 1. The van der Waals surface area contributed by atoms with Gasteiger partial charge in [-0.3, -0.25) is 9.59 Å². The van der Waals surface area contributed by atoms with E-state index in [2.05, 4.69) is 5.32 Å². The van der Waals surface area contributed by atoms with Crippen molar-refractivity contribution >= 4 is 29.2 Å². The van der Waals surface area contributed by atoms with E-state index < -0.39 is 24.1 Å². The van der Waals surface area contributed by atoms with Gasteiger partial charge in [0, 0.05) is 18.7 Å². The minimum Gasteiger partial charge on any atom is -0.495 e. The Morgan fingerprint density at radius 2 is 2.04 bits per heavy atom. The summed E-state index contributed by atoms with van der Waals surface area (Å²) < 4.78 is 10.6. The number of aliphatic carboxylic acids is 1. The van der Waals surface area contributed by atoms with Crippen molar-refractivity contribution < 1.29 is 29.0 Å². The van der Waals surface area contributed by atoms with Crippen LogP contribution in [-0.4, -0.2) is 48.8 Å². The standard InChI is InChI=1S/C18H22N2O6/c1-25-13-6-5-11(10-12(13)20-9-3-2-4-16(20)21)19-17(22)14-7-8-15(26-14)18(23)24/h5-6,10,14-15H,2-4,7-9H2,1H3,(H,19,22)(H,23,24)/t14-,15+/m0/s1. The summed E-state index contributed by atoms with van der Waals surface area (Å²) in [4.78, 5) is 37.2. The summed E-state index contributed by atoms with van der Waals surface area (Å²) in [7, 11) is 1.53. The molecule has 1 aromatic carbocycles. The minimum atomic E-state index is -1.06. The van der Waals surface area contributed by atoms with E-state index in [1.807, 2.05) is 0 Å². The van der Waals surface area contributed by atoms with Gasteiger partial charge in [-0.15, -0.1) is 0 Å². The number of hydrogen-bond acceptors (Lipinski definition) is 5. The molecular weight excluding hydrogens is 340 g/mol. The Labute approximate surface area is 151 Å². The fourth-order valence-corrected chi connectivity index (χ4v) is 3.27. The molecule has 2 N–H and O–H groups in total. The maximum absolute atomic E-state index is 12.3. The summed E-state index contributed by atoms with van der Waals surface area (Å²) in [6.07, 6.45) is 1.21. The lowest BCUT2D eigenvalue weighted by Crippen LogP contribution is -2.35. The van der Waals surface area contributed by atoms with Crippen LogP contribution >= 0.6 is 0 Å². The number of rotatable bonds is 5. The first kappa shape index (κ1) is 18.2. The van der Waals surface area contributed by atoms with Gasteiger partial charge < -0.3 is 24.8 Å². The molecule has 2 atom stereocenters. The van der Waals surface area contributed by atoms with Gasteiger partial charge in [0.1, 0.15) is 11.9 Å². The fraction of sp³-hybridized carbons (Fsp3) is 0.500. The minimum absolute atomic E-state index is 0.0291. The van der Waals surface area contributed by atoms with Crippen molar-refractivity contribution in [3.63, 3.8) is 0 Å². The average Bonchev–Trinajstić information content (AvgIpc) is 3.13. The van der Waals surface area contributed by atoms with Gasteiger partial charge in [0.05, 0.1) is 12.8 Å². The molecule has 2 amide bonds. The number of amides is 2. The van der Waals surface area contributed by atoms with Gasteiger partial charge in [-0.05, 0) is 43.9 Å². The fourth-order valence-electron chi connectivity index (χ4n) is 3.27. The average molecular weight is 362 g/mol. The zero-order valence-electron chi connectivity index (χ0n) is 14.6. The normalized spacial score (nSPS) is 23.0. The Balaban J connectivity index is 1.74. The van der Waals surface area contributed by atoms with Crippen molar-refractivity contribution in [1.29, 1.82) is 0 Å². The van der Waals surface area contributed by atoms with Crippen LogP contribution in [0.25, 0.3) is 0 Å². The van der Waals surface area contributed by atoms with Crippen molar-refractivity contribution in [2.45, 2.75) is 44.3 Å². The van der Waals surface area contributed by atoms with Crippen molar-refractivity contribution in [2.24, 2.45) is 0 Å². The van der Waals surface area contributed by atoms with Crippen molar-refractivity contribution in [1.82, 2.24) is 0 Å². The molecule has 2 heterocycles. The van der Waals surface area contributed by atoms with Crippen LogP contribution in [0.15, 0.2) is 18.2 Å². The van der Waals surface area contributed by atoms with E-state index in [1.165, 1.54) is 7.11 Å². The van der Waals surface area contributed by atoms with Crippen LogP contribution in [0.3, 0.4) is 0 Å². The third-order valence-corrected chi connectivity index (χ3v) is 4.65. The quantitative estimate of drug-likeness (QED) is 0.827. The highest BCUT2D eigenvalue weighted by Gasteiger charge is 2.35. The highest BCUT2D eigenvalue weighted by molar-refractivity contribution is 5.98. The van der Waals surface area contributed by atoms with Gasteiger partial charge in [-0.25, -0.2) is 4.79 Å². The lowest BCUT2D eigenvalue weighted by molar-refractivity contribution is -0.150. The van der Waals surface area contributed by atoms with Crippen molar-refractivity contribution in [2.75, 3.05) is 23.9 Å². The molecule has 1 aromatic rings. The molecule has 26 heavy (non-hydrogen) atoms. The second kappa shape index (κ2) is 7.74. The van der Waals surface area contributed by atoms with Crippen LogP contribution in [0, 0.1) is 0 Å². The van der Waals surface area contributed by atoms with E-state index >= 15 is 0 Å². The van der Waals surface area contributed by atoms with E-state index in [4.69, 9.17) is 14.6 Å². The first-order valence-electron chi connectivity index (χ1n) is 8.67. The number of piperidine rings is 1. The second-order valence-corrected chi connectivity index (χ2v) is 6.41. The van der Waals surface area contributed by atoms with Crippen LogP contribution in [0.4, 0.5) is 11.4 Å². The predicted molar refractivity (Wildman–Crippen MR) is 93.4 cm³/mol. The number of anilines is 2. The number of benzene rings is 1. The predicted octanol–water partition coefficient (Wildman–Crippen LogP) is 1.78. The maximum Gasteiger partial charge on any atom is 0.332 e. The molecule has 2 fully saturated rings. The van der Waals surface area contributed by atoms with Crippen LogP contribution in [0.2, 0.25) is 0 Å². The molecule has 8 heteroatoms. The maximum atomic E-state index is 12.3. The van der Waals surface area contributed by atoms with E-state index in [0.717, 1.165) is 12.8 Å². The van der Waals surface area contributed by atoms with Gasteiger partial charge >= 0.3 is 5.97 Å². The van der Waals surface area contributed by atoms with Gasteiger partial charge in [-0.2, -0.15) is 0 Å². The molecular formula is C18H22N2O6. The third-order valence-electron chi connectivity index (χ3n) is 4.65. The third kappa shape index (κ3) is 3.80. The highest BCUT2D eigenvalue weighted by atomic mass is 16.5. The van der Waals surface area contributed by atoms with Gasteiger partial charge in [0.15, 0.2) is 6.10 Å². The summed E-state index contributed by atoms with van der Waals surface area (Å²) in [6.45, 7) is 0.610. The lowest BCUT2D eigenvalue weighted by Gasteiger charge is -2.28. The Kier molecular flexibility index (Phi) is 5.41. The number of carbonyl (C=O) groups is 3. The first-order chi connectivity index (χ1) is 12.5. The number of nitrogens with zero attached hydrogens (tertiary/aromatic N) is 1. The number of carbonyl (C=O) groups excluding carboxylic acids is 2. The van der Waals surface area contributed by atoms with Crippen molar-refractivity contribution in [3.05, 3.63) is 18.2 Å². The van der Waals surface area contributed by atoms with E-state index in [-0.39, 0.29) is 5.91 Å². The summed E-state index contributed by atoms with van der Waals surface area (Å²) in [5, 5.41) is 11.7. The van der Waals surface area contributed by atoms with E-state index in [0.29, 0.717) is 42.9 Å². The van der Waals surface area contributed by atoms with E-state index in [1.54, 1.807) is 23.1 Å². The number of nitrogens with one attached hydrogen (secondary N) is 1. The zero-order valence-corrected chi connectivity index (χ0v) is 14.6. The molecule has 0 saturated carbocycles. The summed E-state index contributed by atoms with van der Waals surface area (Å²) >= 11 is 0. The Morgan fingerprint density at radius 1 is 1.27 bits per heavy atom. The largest absolute Gasteiger partial charge is 0.495 e.